The summed E-state index contributed by atoms with van der Waals surface area (Å²) in [6.45, 7) is 9.79. The third-order valence-corrected chi connectivity index (χ3v) is 5.81. The van der Waals surface area contributed by atoms with Crippen molar-refractivity contribution in [1.82, 2.24) is 15.1 Å². The van der Waals surface area contributed by atoms with Crippen LogP contribution in [0.1, 0.15) is 37.8 Å². The highest BCUT2D eigenvalue weighted by molar-refractivity contribution is 6.39. The molecule has 6 nitrogen and oxygen atoms in total. The van der Waals surface area contributed by atoms with Crippen molar-refractivity contribution < 1.29 is 9.59 Å². The Morgan fingerprint density at radius 1 is 0.968 bits per heavy atom. The maximum atomic E-state index is 12.4. The van der Waals surface area contributed by atoms with Gasteiger partial charge >= 0.3 is 11.8 Å². The number of benzene rings is 2. The van der Waals surface area contributed by atoms with Crippen LogP contribution in [-0.2, 0) is 22.7 Å². The SMILES string of the molecule is CCN(CC)Cc1ccc(NC(=O)C(=O)NC2CCCN(Cc3ccccc3)C2)cc1. The van der Waals surface area contributed by atoms with Gasteiger partial charge in [-0.05, 0) is 55.7 Å². The van der Waals surface area contributed by atoms with E-state index in [0.717, 1.165) is 52.1 Å². The van der Waals surface area contributed by atoms with Gasteiger partial charge < -0.3 is 10.6 Å². The van der Waals surface area contributed by atoms with Crippen LogP contribution in [0.25, 0.3) is 0 Å². The molecule has 1 heterocycles. The van der Waals surface area contributed by atoms with Crippen LogP contribution in [0.15, 0.2) is 54.6 Å². The molecule has 1 aliphatic heterocycles. The lowest BCUT2D eigenvalue weighted by Gasteiger charge is -2.33. The predicted octanol–water partition coefficient (Wildman–Crippen LogP) is 3.25. The number of hydrogen-bond donors (Lipinski definition) is 2. The minimum atomic E-state index is -0.614. The molecule has 1 aliphatic rings. The van der Waals surface area contributed by atoms with Crippen molar-refractivity contribution in [3.8, 4) is 0 Å². The van der Waals surface area contributed by atoms with E-state index in [2.05, 4.69) is 46.4 Å². The molecule has 166 valence electrons. The van der Waals surface area contributed by atoms with Gasteiger partial charge in [0.15, 0.2) is 0 Å². The van der Waals surface area contributed by atoms with Crippen LogP contribution in [-0.4, -0.2) is 53.8 Å². The molecule has 0 radical (unpaired) electrons. The van der Waals surface area contributed by atoms with E-state index in [-0.39, 0.29) is 6.04 Å². The van der Waals surface area contributed by atoms with Crippen LogP contribution < -0.4 is 10.6 Å². The third-order valence-electron chi connectivity index (χ3n) is 5.81. The van der Waals surface area contributed by atoms with Crippen molar-refractivity contribution in [2.24, 2.45) is 0 Å². The Morgan fingerprint density at radius 2 is 1.68 bits per heavy atom. The lowest BCUT2D eigenvalue weighted by molar-refractivity contribution is -0.136. The molecule has 2 N–H and O–H groups in total. The van der Waals surface area contributed by atoms with Gasteiger partial charge in [0.05, 0.1) is 0 Å². The number of likely N-dealkylation sites (tertiary alicyclic amines) is 1. The van der Waals surface area contributed by atoms with Gasteiger partial charge in [-0.15, -0.1) is 0 Å². The van der Waals surface area contributed by atoms with E-state index < -0.39 is 11.8 Å². The topological polar surface area (TPSA) is 64.7 Å². The Labute approximate surface area is 185 Å². The molecule has 1 saturated heterocycles. The van der Waals surface area contributed by atoms with Crippen molar-refractivity contribution >= 4 is 17.5 Å². The second-order valence-corrected chi connectivity index (χ2v) is 8.15. The molecule has 1 fully saturated rings. The number of amides is 2. The van der Waals surface area contributed by atoms with Gasteiger partial charge in [0.25, 0.3) is 0 Å². The molecule has 2 aromatic rings. The maximum absolute atomic E-state index is 12.4. The number of nitrogens with one attached hydrogen (secondary N) is 2. The first-order valence-corrected chi connectivity index (χ1v) is 11.3. The van der Waals surface area contributed by atoms with E-state index in [4.69, 9.17) is 0 Å². The quantitative estimate of drug-likeness (QED) is 0.641. The van der Waals surface area contributed by atoms with Crippen LogP contribution in [0.3, 0.4) is 0 Å². The smallest absolute Gasteiger partial charge is 0.313 e. The van der Waals surface area contributed by atoms with Crippen molar-refractivity contribution in [1.29, 1.82) is 0 Å². The van der Waals surface area contributed by atoms with Crippen LogP contribution >= 0.6 is 0 Å². The fourth-order valence-electron chi connectivity index (χ4n) is 4.00. The molecule has 0 aromatic heterocycles. The first-order chi connectivity index (χ1) is 15.1. The van der Waals surface area contributed by atoms with Crippen LogP contribution in [0, 0.1) is 0 Å². The molecule has 0 aliphatic carbocycles. The zero-order valence-corrected chi connectivity index (χ0v) is 18.6. The fraction of sp³-hybridized carbons (Fsp3) is 0.440. The lowest BCUT2D eigenvalue weighted by Crippen LogP contribution is -2.50. The van der Waals surface area contributed by atoms with Gasteiger partial charge in [0.2, 0.25) is 0 Å². The van der Waals surface area contributed by atoms with Crippen molar-refractivity contribution in [2.45, 2.75) is 45.8 Å². The van der Waals surface area contributed by atoms with Gasteiger partial charge in [-0.25, -0.2) is 0 Å². The molecule has 1 atom stereocenters. The number of nitrogens with zero attached hydrogens (tertiary/aromatic N) is 2. The average molecular weight is 423 g/mol. The molecule has 3 rings (SSSR count). The minimum Gasteiger partial charge on any atom is -0.344 e. The van der Waals surface area contributed by atoms with E-state index in [0.29, 0.717) is 5.69 Å². The van der Waals surface area contributed by atoms with E-state index in [1.807, 2.05) is 42.5 Å². The first kappa shape index (κ1) is 23.0. The third kappa shape index (κ3) is 7.19. The number of piperidine rings is 1. The molecule has 2 aromatic carbocycles. The normalized spacial score (nSPS) is 16.8. The summed E-state index contributed by atoms with van der Waals surface area (Å²) in [6.07, 6.45) is 1.90. The number of rotatable bonds is 8. The second kappa shape index (κ2) is 11.6. The largest absolute Gasteiger partial charge is 0.344 e. The predicted molar refractivity (Wildman–Crippen MR) is 125 cm³/mol. The molecular formula is C25H34N4O2. The molecule has 0 spiro atoms. The highest BCUT2D eigenvalue weighted by Gasteiger charge is 2.24. The van der Waals surface area contributed by atoms with Gasteiger partial charge in [0.1, 0.15) is 0 Å². The van der Waals surface area contributed by atoms with Gasteiger partial charge in [-0.1, -0.05) is 56.3 Å². The lowest BCUT2D eigenvalue weighted by atomic mass is 10.0. The van der Waals surface area contributed by atoms with Crippen molar-refractivity contribution in [3.05, 3.63) is 65.7 Å². The number of anilines is 1. The Morgan fingerprint density at radius 3 is 2.35 bits per heavy atom. The van der Waals surface area contributed by atoms with E-state index >= 15 is 0 Å². The van der Waals surface area contributed by atoms with Crippen LogP contribution in [0.4, 0.5) is 5.69 Å². The van der Waals surface area contributed by atoms with E-state index in [9.17, 15) is 9.59 Å². The summed E-state index contributed by atoms with van der Waals surface area (Å²) >= 11 is 0. The number of carbonyl (C=O) groups excluding carboxylic acids is 2. The highest BCUT2D eigenvalue weighted by Crippen LogP contribution is 2.14. The summed E-state index contributed by atoms with van der Waals surface area (Å²) in [4.78, 5) is 29.4. The van der Waals surface area contributed by atoms with Crippen LogP contribution in [0.2, 0.25) is 0 Å². The molecule has 2 amide bonds. The van der Waals surface area contributed by atoms with Gasteiger partial charge in [-0.2, -0.15) is 0 Å². The van der Waals surface area contributed by atoms with Gasteiger partial charge in [0, 0.05) is 31.4 Å². The summed E-state index contributed by atoms with van der Waals surface area (Å²) < 4.78 is 0. The zero-order valence-electron chi connectivity index (χ0n) is 18.6. The molecule has 0 saturated carbocycles. The molecule has 6 heteroatoms. The Hall–Kier alpha value is -2.70. The standard InChI is InChI=1S/C25H34N4O2/c1-3-28(4-2)17-21-12-14-22(15-13-21)26-24(30)25(31)27-23-11-8-16-29(19-23)18-20-9-6-5-7-10-20/h5-7,9-10,12-15,23H,3-4,8,11,16-19H2,1-2H3,(H,26,30)(H,27,31). The molecule has 31 heavy (non-hydrogen) atoms. The summed E-state index contributed by atoms with van der Waals surface area (Å²) in [7, 11) is 0. The first-order valence-electron chi connectivity index (χ1n) is 11.3. The molecule has 1 unspecified atom stereocenters. The number of carbonyl (C=O) groups is 2. The zero-order chi connectivity index (χ0) is 22.1. The monoisotopic (exact) mass is 422 g/mol. The van der Waals surface area contributed by atoms with Gasteiger partial charge in [-0.3, -0.25) is 19.4 Å². The Balaban J connectivity index is 1.47. The Kier molecular flexibility index (Phi) is 8.62. The molecule has 0 bridgehead atoms. The summed E-state index contributed by atoms with van der Waals surface area (Å²) in [5.74, 6) is -1.18. The minimum absolute atomic E-state index is 0.00726. The van der Waals surface area contributed by atoms with E-state index in [1.54, 1.807) is 0 Å². The van der Waals surface area contributed by atoms with E-state index in [1.165, 1.54) is 11.1 Å². The summed E-state index contributed by atoms with van der Waals surface area (Å²) in [6, 6.07) is 18.0. The summed E-state index contributed by atoms with van der Waals surface area (Å²) in [5, 5.41) is 5.62. The summed E-state index contributed by atoms with van der Waals surface area (Å²) in [5.41, 5.74) is 3.08. The molecular weight excluding hydrogens is 388 g/mol. The average Bonchev–Trinajstić information content (AvgIpc) is 2.79. The fourth-order valence-corrected chi connectivity index (χ4v) is 4.00. The highest BCUT2D eigenvalue weighted by atomic mass is 16.2. The van der Waals surface area contributed by atoms with Crippen LogP contribution in [0.5, 0.6) is 0 Å². The number of hydrogen-bond acceptors (Lipinski definition) is 4. The van der Waals surface area contributed by atoms with Crippen molar-refractivity contribution in [2.75, 3.05) is 31.5 Å². The van der Waals surface area contributed by atoms with Crippen molar-refractivity contribution in [3.63, 3.8) is 0 Å². The maximum Gasteiger partial charge on any atom is 0.313 e. The second-order valence-electron chi connectivity index (χ2n) is 8.15. The Bertz CT molecular complexity index is 834.